The van der Waals surface area contributed by atoms with Crippen molar-refractivity contribution in [1.29, 1.82) is 0 Å². The summed E-state index contributed by atoms with van der Waals surface area (Å²) in [6.07, 6.45) is 2.19. The van der Waals surface area contributed by atoms with E-state index >= 15 is 0 Å². The minimum Gasteiger partial charge on any atom is -0.353 e. The molecule has 1 aliphatic rings. The predicted octanol–water partition coefficient (Wildman–Crippen LogP) is 2.34. The van der Waals surface area contributed by atoms with Gasteiger partial charge >= 0.3 is 0 Å². The van der Waals surface area contributed by atoms with E-state index in [4.69, 9.17) is 0 Å². The van der Waals surface area contributed by atoms with Crippen LogP contribution >= 0.6 is 0 Å². The van der Waals surface area contributed by atoms with Gasteiger partial charge in [0.25, 0.3) is 0 Å². The molecule has 4 heteroatoms. The number of hydrogen-bond acceptors (Lipinski definition) is 2. The highest BCUT2D eigenvalue weighted by Gasteiger charge is 2.34. The molecule has 0 radical (unpaired) electrons. The minimum atomic E-state index is -0.207. The summed E-state index contributed by atoms with van der Waals surface area (Å²) in [6.45, 7) is 5.25. The topological polar surface area (TPSA) is 49.4 Å². The molecule has 0 spiro atoms. The molecule has 0 aromatic heterocycles. The van der Waals surface area contributed by atoms with E-state index in [1.165, 1.54) is 0 Å². The van der Waals surface area contributed by atoms with Crippen LogP contribution in [0.25, 0.3) is 0 Å². The highest BCUT2D eigenvalue weighted by Crippen LogP contribution is 2.20. The zero-order chi connectivity index (χ0) is 15.2. The zero-order valence-corrected chi connectivity index (χ0v) is 12.8. The summed E-state index contributed by atoms with van der Waals surface area (Å²) in [7, 11) is 0. The molecule has 1 saturated heterocycles. The van der Waals surface area contributed by atoms with Crippen LogP contribution in [0.1, 0.15) is 38.7 Å². The number of nitrogens with zero attached hydrogens (tertiary/aromatic N) is 1. The SMILES string of the molecule is CCC(CC)NC(=O)C1CC(=O)N(Cc2ccccc2)C1. The summed E-state index contributed by atoms with van der Waals surface area (Å²) < 4.78 is 0. The Balaban J connectivity index is 1.91. The molecule has 1 fully saturated rings. The number of carbonyl (C=O) groups is 2. The first kappa shape index (κ1) is 15.5. The van der Waals surface area contributed by atoms with Gasteiger partial charge in [0.2, 0.25) is 11.8 Å². The molecule has 2 rings (SSSR count). The van der Waals surface area contributed by atoms with Crippen molar-refractivity contribution in [3.8, 4) is 0 Å². The van der Waals surface area contributed by atoms with Gasteiger partial charge in [0.05, 0.1) is 5.92 Å². The predicted molar refractivity (Wildman–Crippen MR) is 82.5 cm³/mol. The molecule has 0 aliphatic carbocycles. The third-order valence-corrected chi connectivity index (χ3v) is 4.13. The fraction of sp³-hybridized carbons (Fsp3) is 0.529. The quantitative estimate of drug-likeness (QED) is 0.873. The van der Waals surface area contributed by atoms with E-state index in [-0.39, 0.29) is 23.8 Å². The number of rotatable bonds is 6. The number of benzene rings is 1. The summed E-state index contributed by atoms with van der Waals surface area (Å²) in [5.74, 6) is -0.113. The van der Waals surface area contributed by atoms with E-state index in [2.05, 4.69) is 19.2 Å². The Bertz CT molecular complexity index is 483. The van der Waals surface area contributed by atoms with E-state index in [0.717, 1.165) is 18.4 Å². The first-order valence-electron chi connectivity index (χ1n) is 7.76. The minimum absolute atomic E-state index is 0.0209. The Hall–Kier alpha value is -1.84. The molecule has 1 aromatic rings. The standard InChI is InChI=1S/C17H24N2O2/c1-3-15(4-2)18-17(21)14-10-16(20)19(12-14)11-13-8-6-5-7-9-13/h5-9,14-15H,3-4,10-12H2,1-2H3,(H,18,21). The average molecular weight is 288 g/mol. The summed E-state index contributed by atoms with van der Waals surface area (Å²) in [5.41, 5.74) is 1.10. The number of likely N-dealkylation sites (tertiary alicyclic amines) is 1. The van der Waals surface area contributed by atoms with Gasteiger partial charge in [-0.05, 0) is 18.4 Å². The molecule has 1 atom stereocenters. The van der Waals surface area contributed by atoms with E-state index in [9.17, 15) is 9.59 Å². The lowest BCUT2D eigenvalue weighted by atomic mass is 10.1. The van der Waals surface area contributed by atoms with Gasteiger partial charge in [-0.3, -0.25) is 9.59 Å². The smallest absolute Gasteiger partial charge is 0.225 e. The Labute approximate surface area is 126 Å². The van der Waals surface area contributed by atoms with Crippen molar-refractivity contribution in [2.75, 3.05) is 6.54 Å². The normalized spacial score (nSPS) is 18.3. The number of amides is 2. The van der Waals surface area contributed by atoms with Crippen LogP contribution in [-0.2, 0) is 16.1 Å². The molecule has 1 aliphatic heterocycles. The van der Waals surface area contributed by atoms with Crippen LogP contribution in [0.15, 0.2) is 30.3 Å². The van der Waals surface area contributed by atoms with Gasteiger partial charge in [-0.15, -0.1) is 0 Å². The van der Waals surface area contributed by atoms with Gasteiger partial charge in [0.15, 0.2) is 0 Å². The second-order valence-electron chi connectivity index (χ2n) is 5.68. The molecular weight excluding hydrogens is 264 g/mol. The summed E-state index contributed by atoms with van der Waals surface area (Å²) in [5, 5.41) is 3.05. The lowest BCUT2D eigenvalue weighted by molar-refractivity contribution is -0.129. The first-order valence-corrected chi connectivity index (χ1v) is 7.76. The largest absolute Gasteiger partial charge is 0.353 e. The Morgan fingerprint density at radius 3 is 2.57 bits per heavy atom. The molecular formula is C17H24N2O2. The van der Waals surface area contributed by atoms with Crippen molar-refractivity contribution in [2.45, 2.75) is 45.7 Å². The molecule has 4 nitrogen and oxygen atoms in total. The molecule has 0 saturated carbocycles. The van der Waals surface area contributed by atoms with E-state index < -0.39 is 0 Å². The van der Waals surface area contributed by atoms with Gasteiger partial charge in [-0.1, -0.05) is 44.2 Å². The molecule has 1 unspecified atom stereocenters. The number of nitrogens with one attached hydrogen (secondary N) is 1. The van der Waals surface area contributed by atoms with Crippen LogP contribution < -0.4 is 5.32 Å². The maximum Gasteiger partial charge on any atom is 0.225 e. The maximum absolute atomic E-state index is 12.2. The highest BCUT2D eigenvalue weighted by atomic mass is 16.2. The summed E-state index contributed by atoms with van der Waals surface area (Å²) in [6, 6.07) is 10.1. The van der Waals surface area contributed by atoms with E-state index in [1.807, 2.05) is 30.3 Å². The Morgan fingerprint density at radius 2 is 1.95 bits per heavy atom. The number of carbonyl (C=O) groups excluding carboxylic acids is 2. The van der Waals surface area contributed by atoms with Crippen LogP contribution in [0.3, 0.4) is 0 Å². The highest BCUT2D eigenvalue weighted by molar-refractivity contribution is 5.89. The van der Waals surface area contributed by atoms with Crippen LogP contribution in [0.4, 0.5) is 0 Å². The number of hydrogen-bond donors (Lipinski definition) is 1. The lowest BCUT2D eigenvalue weighted by Gasteiger charge is -2.19. The molecule has 0 bridgehead atoms. The third-order valence-electron chi connectivity index (χ3n) is 4.13. The molecule has 2 amide bonds. The van der Waals surface area contributed by atoms with Gasteiger partial charge < -0.3 is 10.2 Å². The second kappa shape index (κ2) is 7.25. The lowest BCUT2D eigenvalue weighted by Crippen LogP contribution is -2.39. The van der Waals surface area contributed by atoms with Crippen molar-refractivity contribution in [3.05, 3.63) is 35.9 Å². The van der Waals surface area contributed by atoms with Crippen LogP contribution in [0, 0.1) is 5.92 Å². The molecule has 21 heavy (non-hydrogen) atoms. The van der Waals surface area contributed by atoms with Crippen molar-refractivity contribution in [2.24, 2.45) is 5.92 Å². The van der Waals surface area contributed by atoms with E-state index in [1.54, 1.807) is 4.90 Å². The van der Waals surface area contributed by atoms with Gasteiger partial charge in [0.1, 0.15) is 0 Å². The monoisotopic (exact) mass is 288 g/mol. The molecule has 1 aromatic carbocycles. The van der Waals surface area contributed by atoms with Gasteiger partial charge in [0, 0.05) is 25.6 Å². The second-order valence-corrected chi connectivity index (χ2v) is 5.68. The Morgan fingerprint density at radius 1 is 1.29 bits per heavy atom. The fourth-order valence-corrected chi connectivity index (χ4v) is 2.72. The van der Waals surface area contributed by atoms with Gasteiger partial charge in [-0.2, -0.15) is 0 Å². The Kier molecular flexibility index (Phi) is 5.37. The van der Waals surface area contributed by atoms with Crippen LogP contribution in [0.2, 0.25) is 0 Å². The van der Waals surface area contributed by atoms with Crippen molar-refractivity contribution >= 4 is 11.8 Å². The fourth-order valence-electron chi connectivity index (χ4n) is 2.72. The summed E-state index contributed by atoms with van der Waals surface area (Å²) >= 11 is 0. The summed E-state index contributed by atoms with van der Waals surface area (Å²) in [4.78, 5) is 26.1. The molecule has 114 valence electrons. The van der Waals surface area contributed by atoms with Crippen molar-refractivity contribution < 1.29 is 9.59 Å². The van der Waals surface area contributed by atoms with Crippen LogP contribution in [0.5, 0.6) is 0 Å². The molecule has 1 N–H and O–H groups in total. The zero-order valence-electron chi connectivity index (χ0n) is 12.8. The van der Waals surface area contributed by atoms with Gasteiger partial charge in [-0.25, -0.2) is 0 Å². The maximum atomic E-state index is 12.2. The third kappa shape index (κ3) is 4.06. The van der Waals surface area contributed by atoms with Crippen molar-refractivity contribution in [1.82, 2.24) is 10.2 Å². The first-order chi connectivity index (χ1) is 10.1. The molecule has 1 heterocycles. The van der Waals surface area contributed by atoms with E-state index in [0.29, 0.717) is 19.5 Å². The van der Waals surface area contributed by atoms with Crippen LogP contribution in [-0.4, -0.2) is 29.3 Å². The average Bonchev–Trinajstić information content (AvgIpc) is 2.87. The van der Waals surface area contributed by atoms with Crippen molar-refractivity contribution in [3.63, 3.8) is 0 Å².